The Morgan fingerprint density at radius 2 is 1.94 bits per heavy atom. The number of aromatic nitrogens is 3. The SMILES string of the molecule is CC(C)C(=N)[n+]1nc(-c2sc(C3CCC(=O)CC3)nc2-c2ccc(F)cc2F)ccc1N. The summed E-state index contributed by atoms with van der Waals surface area (Å²) >= 11 is 1.39. The predicted octanol–water partition coefficient (Wildman–Crippen LogP) is 4.73. The molecule has 0 aliphatic heterocycles. The van der Waals surface area contributed by atoms with Gasteiger partial charge >= 0.3 is 0 Å². The Hall–Kier alpha value is -3.07. The molecule has 0 spiro atoms. The van der Waals surface area contributed by atoms with Gasteiger partial charge in [-0.05, 0) is 31.0 Å². The highest BCUT2D eigenvalue weighted by molar-refractivity contribution is 7.15. The summed E-state index contributed by atoms with van der Waals surface area (Å²) in [7, 11) is 0. The van der Waals surface area contributed by atoms with Gasteiger partial charge in [-0.3, -0.25) is 4.79 Å². The summed E-state index contributed by atoms with van der Waals surface area (Å²) in [6.45, 7) is 3.75. The average molecular weight is 457 g/mol. The van der Waals surface area contributed by atoms with Crippen molar-refractivity contribution in [2.75, 3.05) is 5.73 Å². The molecule has 2 aromatic heterocycles. The van der Waals surface area contributed by atoms with Crippen LogP contribution in [0.25, 0.3) is 21.8 Å². The first-order valence-corrected chi connectivity index (χ1v) is 11.3. The van der Waals surface area contributed by atoms with E-state index in [1.54, 1.807) is 12.1 Å². The number of anilines is 1. The minimum atomic E-state index is -0.708. The van der Waals surface area contributed by atoms with Gasteiger partial charge in [0.1, 0.15) is 23.1 Å². The Morgan fingerprint density at radius 3 is 2.59 bits per heavy atom. The number of hydrogen-bond acceptors (Lipinski definition) is 6. The average Bonchev–Trinajstić information content (AvgIpc) is 3.19. The zero-order chi connectivity index (χ0) is 23.0. The van der Waals surface area contributed by atoms with E-state index < -0.39 is 11.6 Å². The Bertz CT molecular complexity index is 1200. The smallest absolute Gasteiger partial charge is 0.256 e. The van der Waals surface area contributed by atoms with Crippen LogP contribution in [0.1, 0.15) is 50.5 Å². The summed E-state index contributed by atoms with van der Waals surface area (Å²) in [5.74, 6) is -0.578. The molecule has 166 valence electrons. The van der Waals surface area contributed by atoms with Crippen molar-refractivity contribution in [2.24, 2.45) is 5.92 Å². The van der Waals surface area contributed by atoms with Crippen molar-refractivity contribution in [3.8, 4) is 21.8 Å². The van der Waals surface area contributed by atoms with Crippen molar-refractivity contribution in [3.63, 3.8) is 0 Å². The summed E-state index contributed by atoms with van der Waals surface area (Å²) in [6, 6.07) is 6.78. The van der Waals surface area contributed by atoms with E-state index in [9.17, 15) is 13.6 Å². The molecule has 3 aromatic rings. The highest BCUT2D eigenvalue weighted by Gasteiger charge is 2.28. The number of ketones is 1. The zero-order valence-corrected chi connectivity index (χ0v) is 18.7. The number of halogens is 2. The number of nitrogens with two attached hydrogens (primary N) is 1. The van der Waals surface area contributed by atoms with Crippen LogP contribution >= 0.6 is 11.3 Å². The first kappa shape index (κ1) is 22.1. The molecule has 0 amide bonds. The number of carbonyl (C=O) groups is 1. The minimum Gasteiger partial charge on any atom is -0.317 e. The molecule has 1 saturated carbocycles. The number of hydrogen-bond donors (Lipinski definition) is 2. The van der Waals surface area contributed by atoms with Crippen LogP contribution in [0.5, 0.6) is 0 Å². The van der Waals surface area contributed by atoms with Gasteiger partial charge in [0.25, 0.3) is 5.84 Å². The van der Waals surface area contributed by atoms with E-state index in [-0.39, 0.29) is 29.0 Å². The number of carbonyl (C=O) groups excluding carboxylic acids is 1. The molecule has 4 rings (SSSR count). The normalized spacial score (nSPS) is 14.8. The number of nitrogens with one attached hydrogen (secondary N) is 1. The molecule has 1 aliphatic carbocycles. The van der Waals surface area contributed by atoms with Gasteiger partial charge < -0.3 is 5.73 Å². The van der Waals surface area contributed by atoms with Crippen LogP contribution in [0, 0.1) is 23.0 Å². The van der Waals surface area contributed by atoms with Gasteiger partial charge in [-0.2, -0.15) is 5.41 Å². The molecule has 32 heavy (non-hydrogen) atoms. The summed E-state index contributed by atoms with van der Waals surface area (Å²) < 4.78 is 29.6. The lowest BCUT2D eigenvalue weighted by molar-refractivity contribution is -0.611. The molecule has 0 bridgehead atoms. The van der Waals surface area contributed by atoms with Gasteiger partial charge in [-0.25, -0.2) is 13.8 Å². The molecule has 1 fully saturated rings. The van der Waals surface area contributed by atoms with Gasteiger partial charge in [0.15, 0.2) is 0 Å². The molecule has 9 heteroatoms. The van der Waals surface area contributed by atoms with Gasteiger partial charge in [0.2, 0.25) is 5.82 Å². The highest BCUT2D eigenvalue weighted by Crippen LogP contribution is 2.42. The van der Waals surface area contributed by atoms with Gasteiger partial charge in [-0.15, -0.1) is 21.1 Å². The lowest BCUT2D eigenvalue weighted by Crippen LogP contribution is -2.50. The number of benzene rings is 1. The molecular weight excluding hydrogens is 432 g/mol. The molecule has 1 aromatic carbocycles. The van der Waals surface area contributed by atoms with Crippen molar-refractivity contribution >= 4 is 28.8 Å². The molecule has 0 radical (unpaired) electrons. The molecule has 6 nitrogen and oxygen atoms in total. The number of rotatable bonds is 4. The lowest BCUT2D eigenvalue weighted by Gasteiger charge is -2.18. The van der Waals surface area contributed by atoms with Crippen LogP contribution in [-0.2, 0) is 4.79 Å². The van der Waals surface area contributed by atoms with Crippen LogP contribution in [0.3, 0.4) is 0 Å². The monoisotopic (exact) mass is 456 g/mol. The van der Waals surface area contributed by atoms with Crippen LogP contribution in [-0.4, -0.2) is 21.7 Å². The third-order valence-corrected chi connectivity index (χ3v) is 6.83. The fourth-order valence-electron chi connectivity index (χ4n) is 3.73. The summed E-state index contributed by atoms with van der Waals surface area (Å²) in [4.78, 5) is 17.0. The van der Waals surface area contributed by atoms with E-state index in [0.717, 1.165) is 11.1 Å². The largest absolute Gasteiger partial charge is 0.317 e. The van der Waals surface area contributed by atoms with Gasteiger partial charge in [-0.1, -0.05) is 13.8 Å². The van der Waals surface area contributed by atoms with Gasteiger partial charge in [0.05, 0.1) is 15.6 Å². The van der Waals surface area contributed by atoms with Crippen molar-refractivity contribution < 1.29 is 18.3 Å². The first-order valence-electron chi connectivity index (χ1n) is 10.5. The molecular formula is C23H24F2N5OS+. The molecule has 1 aliphatic rings. The quantitative estimate of drug-likeness (QED) is 0.337. The standard InChI is InChI=1S/C23H23F2N5OS/c1-12(2)22(27)30-19(26)10-9-18(29-30)21-20(16-8-5-14(24)11-17(16)25)28-23(32-21)13-3-6-15(31)7-4-13/h5,8-13,26-27H,3-4,6-7H2,1-2H3/p+1. The number of thiazole rings is 1. The van der Waals surface area contributed by atoms with E-state index in [1.807, 2.05) is 13.8 Å². The maximum Gasteiger partial charge on any atom is 0.256 e. The number of nitrogens with zero attached hydrogens (tertiary/aromatic N) is 3. The fourth-order valence-corrected chi connectivity index (χ4v) is 4.94. The minimum absolute atomic E-state index is 0.101. The molecule has 0 saturated heterocycles. The van der Waals surface area contributed by atoms with Gasteiger partial charge in [0, 0.05) is 42.4 Å². The van der Waals surface area contributed by atoms with E-state index in [0.29, 0.717) is 47.8 Å². The molecule has 2 heterocycles. The summed E-state index contributed by atoms with van der Waals surface area (Å²) in [6.07, 6.45) is 2.41. The topological polar surface area (TPSA) is 96.6 Å². The second-order valence-corrected chi connectivity index (χ2v) is 9.29. The Kier molecular flexibility index (Phi) is 6.10. The van der Waals surface area contributed by atoms with Crippen LogP contribution < -0.4 is 10.4 Å². The Balaban J connectivity index is 1.86. The third kappa shape index (κ3) is 4.29. The van der Waals surface area contributed by atoms with Crippen LogP contribution in [0.2, 0.25) is 0 Å². The first-order chi connectivity index (χ1) is 15.2. The second-order valence-electron chi connectivity index (χ2n) is 8.26. The van der Waals surface area contributed by atoms with E-state index in [4.69, 9.17) is 16.1 Å². The molecule has 3 N–H and O–H groups in total. The van der Waals surface area contributed by atoms with Crippen molar-refractivity contribution in [3.05, 3.63) is 47.0 Å². The van der Waals surface area contributed by atoms with E-state index in [1.165, 1.54) is 28.2 Å². The maximum absolute atomic E-state index is 14.7. The fraction of sp³-hybridized carbons (Fsp3) is 0.348. The highest BCUT2D eigenvalue weighted by atomic mass is 32.1. The predicted molar refractivity (Wildman–Crippen MR) is 119 cm³/mol. The van der Waals surface area contributed by atoms with Crippen LogP contribution in [0.4, 0.5) is 14.6 Å². The summed E-state index contributed by atoms with van der Waals surface area (Å²) in [5.41, 5.74) is 7.10. The third-order valence-electron chi connectivity index (χ3n) is 5.59. The van der Waals surface area contributed by atoms with Crippen molar-refractivity contribution in [2.45, 2.75) is 45.4 Å². The van der Waals surface area contributed by atoms with Crippen molar-refractivity contribution in [1.82, 2.24) is 10.1 Å². The zero-order valence-electron chi connectivity index (χ0n) is 17.9. The lowest BCUT2D eigenvalue weighted by atomic mass is 9.89. The number of nitrogen functional groups attached to an aromatic ring is 1. The Labute approximate surface area is 188 Å². The second kappa shape index (κ2) is 8.82. The van der Waals surface area contributed by atoms with Crippen molar-refractivity contribution in [1.29, 1.82) is 5.41 Å². The molecule has 0 atom stereocenters. The summed E-state index contributed by atoms with van der Waals surface area (Å²) in [5, 5.41) is 13.7. The Morgan fingerprint density at radius 1 is 1.22 bits per heavy atom. The van der Waals surface area contributed by atoms with E-state index >= 15 is 0 Å². The number of Topliss-reactive ketones (excluding diaryl/α,β-unsaturated/α-hetero) is 1. The van der Waals surface area contributed by atoms with E-state index in [2.05, 4.69) is 5.10 Å². The van der Waals surface area contributed by atoms with Crippen LogP contribution in [0.15, 0.2) is 30.3 Å². The molecule has 0 unspecified atom stereocenters. The maximum atomic E-state index is 14.7.